The molecule has 0 unspecified atom stereocenters. The molecule has 0 radical (unpaired) electrons. The predicted octanol–water partition coefficient (Wildman–Crippen LogP) is 3.92. The molecule has 0 atom stereocenters. The molecule has 0 spiro atoms. The van der Waals surface area contributed by atoms with Crippen molar-refractivity contribution < 1.29 is 0 Å². The molecule has 6 heteroatoms. The Labute approximate surface area is 132 Å². The van der Waals surface area contributed by atoms with Gasteiger partial charge in [-0.1, -0.05) is 17.8 Å². The first-order chi connectivity index (χ1) is 9.74. The molecule has 0 saturated heterocycles. The second-order valence-electron chi connectivity index (χ2n) is 4.99. The Hall–Kier alpha value is -0.690. The lowest BCUT2D eigenvalue weighted by atomic mass is 10.1. The van der Waals surface area contributed by atoms with Crippen molar-refractivity contribution in [3.05, 3.63) is 33.7 Å². The van der Waals surface area contributed by atoms with Crippen molar-refractivity contribution >= 4 is 40.4 Å². The number of hydrogen-bond donors (Lipinski definition) is 0. The lowest BCUT2D eigenvalue weighted by Gasteiger charge is -2.22. The molecule has 3 nitrogen and oxygen atoms in total. The first kappa shape index (κ1) is 14.3. The van der Waals surface area contributed by atoms with Gasteiger partial charge in [-0.3, -0.25) is 0 Å². The van der Waals surface area contributed by atoms with Gasteiger partial charge in [-0.05, 0) is 43.0 Å². The average Bonchev–Trinajstić information content (AvgIpc) is 3.05. The van der Waals surface area contributed by atoms with E-state index in [9.17, 15) is 0 Å². The van der Waals surface area contributed by atoms with Gasteiger partial charge in [0.25, 0.3) is 0 Å². The molecule has 20 heavy (non-hydrogen) atoms. The van der Waals surface area contributed by atoms with Crippen molar-refractivity contribution in [2.75, 3.05) is 20.1 Å². The van der Waals surface area contributed by atoms with Crippen molar-refractivity contribution in [1.82, 2.24) is 13.6 Å². The van der Waals surface area contributed by atoms with Gasteiger partial charge in [0.2, 0.25) is 0 Å². The quantitative estimate of drug-likeness (QED) is 0.798. The van der Waals surface area contributed by atoms with Crippen LogP contribution in [0, 0.1) is 6.92 Å². The summed E-state index contributed by atoms with van der Waals surface area (Å²) in [5.74, 6) is 0.991. The van der Waals surface area contributed by atoms with E-state index in [2.05, 4.69) is 45.1 Å². The molecule has 0 aliphatic carbocycles. The molecule has 1 aliphatic rings. The Balaban J connectivity index is 1.74. The summed E-state index contributed by atoms with van der Waals surface area (Å²) in [6.45, 7) is 4.29. The molecule has 0 N–H and O–H groups in total. The van der Waals surface area contributed by atoms with Crippen LogP contribution in [-0.4, -0.2) is 33.8 Å². The molecule has 3 heterocycles. The third-order valence-corrected chi connectivity index (χ3v) is 6.25. The van der Waals surface area contributed by atoms with Crippen molar-refractivity contribution in [2.45, 2.75) is 24.1 Å². The van der Waals surface area contributed by atoms with Gasteiger partial charge < -0.3 is 4.90 Å². The van der Waals surface area contributed by atoms with Gasteiger partial charge in [0.1, 0.15) is 10.7 Å². The average molecular weight is 324 g/mol. The Kier molecular flexibility index (Phi) is 4.55. The first-order valence-corrected chi connectivity index (χ1v) is 9.20. The fraction of sp³-hybridized carbons (Fsp3) is 0.429. The van der Waals surface area contributed by atoms with Gasteiger partial charge >= 0.3 is 0 Å². The Morgan fingerprint density at radius 1 is 1.40 bits per heavy atom. The summed E-state index contributed by atoms with van der Waals surface area (Å²) in [7, 11) is 2.16. The summed E-state index contributed by atoms with van der Waals surface area (Å²) in [4.78, 5) is 3.77. The molecule has 0 saturated carbocycles. The SMILES string of the molecule is Cc1ccsc1CSc1nsnc1C1=CCCN(C)C1. The van der Waals surface area contributed by atoms with Gasteiger partial charge in [0.05, 0.1) is 11.7 Å². The molecule has 2 aromatic heterocycles. The fourth-order valence-corrected chi connectivity index (χ4v) is 5.03. The number of rotatable bonds is 4. The normalized spacial score (nSPS) is 16.4. The standard InChI is InChI=1S/C14H17N3S3/c1-10-5-7-18-12(10)9-19-14-13(15-20-16-14)11-4-3-6-17(2)8-11/h4-5,7H,3,6,8-9H2,1-2H3. The van der Waals surface area contributed by atoms with E-state index < -0.39 is 0 Å². The summed E-state index contributed by atoms with van der Waals surface area (Å²) in [6.07, 6.45) is 3.43. The van der Waals surface area contributed by atoms with Crippen LogP contribution in [0.4, 0.5) is 0 Å². The van der Waals surface area contributed by atoms with E-state index >= 15 is 0 Å². The summed E-state index contributed by atoms with van der Waals surface area (Å²) in [5, 5.41) is 3.24. The summed E-state index contributed by atoms with van der Waals surface area (Å²) in [6, 6.07) is 2.18. The zero-order valence-corrected chi connectivity index (χ0v) is 14.1. The van der Waals surface area contributed by atoms with E-state index in [-0.39, 0.29) is 0 Å². The third-order valence-electron chi connectivity index (χ3n) is 3.41. The van der Waals surface area contributed by atoms with Gasteiger partial charge in [-0.2, -0.15) is 8.75 Å². The van der Waals surface area contributed by atoms with Crippen molar-refractivity contribution in [3.8, 4) is 0 Å². The molecular formula is C14H17N3S3. The Bertz CT molecular complexity index is 615. The Morgan fingerprint density at radius 2 is 2.30 bits per heavy atom. The summed E-state index contributed by atoms with van der Waals surface area (Å²) in [5.41, 5.74) is 3.81. The highest BCUT2D eigenvalue weighted by molar-refractivity contribution is 7.98. The monoisotopic (exact) mass is 323 g/mol. The van der Waals surface area contributed by atoms with E-state index in [1.807, 2.05) is 23.1 Å². The lowest BCUT2D eigenvalue weighted by Crippen LogP contribution is -2.25. The highest BCUT2D eigenvalue weighted by Gasteiger charge is 2.18. The van der Waals surface area contributed by atoms with Gasteiger partial charge in [-0.25, -0.2) is 0 Å². The van der Waals surface area contributed by atoms with Crippen LogP contribution in [0.1, 0.15) is 22.6 Å². The van der Waals surface area contributed by atoms with Crippen molar-refractivity contribution in [2.24, 2.45) is 0 Å². The molecule has 1 aliphatic heterocycles. The number of aryl methyl sites for hydroxylation is 1. The molecule has 0 amide bonds. The molecule has 3 rings (SSSR count). The van der Waals surface area contributed by atoms with E-state index in [1.165, 1.54) is 27.7 Å². The number of nitrogens with zero attached hydrogens (tertiary/aromatic N) is 3. The van der Waals surface area contributed by atoms with Crippen LogP contribution >= 0.6 is 34.8 Å². The van der Waals surface area contributed by atoms with E-state index in [0.29, 0.717) is 0 Å². The molecule has 0 aromatic carbocycles. The smallest absolute Gasteiger partial charge is 0.138 e. The van der Waals surface area contributed by atoms with Crippen molar-refractivity contribution in [1.29, 1.82) is 0 Å². The van der Waals surface area contributed by atoms with Crippen LogP contribution in [0.2, 0.25) is 0 Å². The van der Waals surface area contributed by atoms with Gasteiger partial charge in [0.15, 0.2) is 0 Å². The highest BCUT2D eigenvalue weighted by Crippen LogP contribution is 2.32. The Morgan fingerprint density at radius 3 is 3.05 bits per heavy atom. The highest BCUT2D eigenvalue weighted by atomic mass is 32.2. The van der Waals surface area contributed by atoms with Crippen LogP contribution in [0.15, 0.2) is 22.5 Å². The lowest BCUT2D eigenvalue weighted by molar-refractivity contribution is 0.372. The van der Waals surface area contributed by atoms with Crippen LogP contribution < -0.4 is 0 Å². The second-order valence-corrected chi connectivity index (χ2v) is 7.48. The third kappa shape index (κ3) is 3.14. The second kappa shape index (κ2) is 6.39. The zero-order chi connectivity index (χ0) is 13.9. The predicted molar refractivity (Wildman–Crippen MR) is 88.6 cm³/mol. The topological polar surface area (TPSA) is 29.0 Å². The number of thioether (sulfide) groups is 1. The first-order valence-electron chi connectivity index (χ1n) is 6.60. The summed E-state index contributed by atoms with van der Waals surface area (Å²) < 4.78 is 9.00. The maximum absolute atomic E-state index is 4.51. The van der Waals surface area contributed by atoms with Crippen molar-refractivity contribution in [3.63, 3.8) is 0 Å². The fourth-order valence-electron chi connectivity index (χ4n) is 2.22. The van der Waals surface area contributed by atoms with Gasteiger partial charge in [-0.15, -0.1) is 11.3 Å². The molecule has 0 bridgehead atoms. The van der Waals surface area contributed by atoms with Gasteiger partial charge in [0, 0.05) is 23.7 Å². The largest absolute Gasteiger partial charge is 0.302 e. The van der Waals surface area contributed by atoms with E-state index in [1.54, 1.807) is 0 Å². The number of likely N-dealkylation sites (N-methyl/N-ethyl adjacent to an activating group) is 1. The molecule has 2 aromatic rings. The van der Waals surface area contributed by atoms with Crippen LogP contribution in [0.25, 0.3) is 5.57 Å². The maximum Gasteiger partial charge on any atom is 0.138 e. The van der Waals surface area contributed by atoms with Crippen LogP contribution in [-0.2, 0) is 5.75 Å². The number of thiophene rings is 1. The van der Waals surface area contributed by atoms with Crippen LogP contribution in [0.3, 0.4) is 0 Å². The van der Waals surface area contributed by atoms with E-state index in [4.69, 9.17) is 0 Å². The summed E-state index contributed by atoms with van der Waals surface area (Å²) >= 11 is 4.96. The minimum Gasteiger partial charge on any atom is -0.302 e. The minimum absolute atomic E-state index is 0.983. The molecule has 0 fully saturated rings. The molecule has 106 valence electrons. The maximum atomic E-state index is 4.51. The van der Waals surface area contributed by atoms with E-state index in [0.717, 1.165) is 36.0 Å². The number of aromatic nitrogens is 2. The molecular weight excluding hydrogens is 306 g/mol. The number of hydrogen-bond acceptors (Lipinski definition) is 6. The zero-order valence-electron chi connectivity index (χ0n) is 11.6. The van der Waals surface area contributed by atoms with Crippen LogP contribution in [0.5, 0.6) is 0 Å². The minimum atomic E-state index is 0.983.